The number of carbonyl (C=O) groups is 2. The lowest BCUT2D eigenvalue weighted by atomic mass is 10.1. The lowest BCUT2D eigenvalue weighted by Gasteiger charge is -2.20. The summed E-state index contributed by atoms with van der Waals surface area (Å²) in [4.78, 5) is 37.0. The fourth-order valence-electron chi connectivity index (χ4n) is 2.22. The van der Waals surface area contributed by atoms with Crippen LogP contribution in [0.2, 0.25) is 0 Å². The van der Waals surface area contributed by atoms with Gasteiger partial charge in [-0.05, 0) is 25.8 Å². The van der Waals surface area contributed by atoms with Gasteiger partial charge in [-0.15, -0.1) is 0 Å². The number of nitrogens with zero attached hydrogens (tertiary/aromatic N) is 2. The monoisotopic (exact) mass is 330 g/mol. The van der Waals surface area contributed by atoms with Crippen molar-refractivity contribution in [3.8, 4) is 0 Å². The molecule has 1 heterocycles. The van der Waals surface area contributed by atoms with Gasteiger partial charge in [-0.2, -0.15) is 0 Å². The molecular formula is C11H22N8O4. The first kappa shape index (κ1) is 18.6. The number of nitrogens with one attached hydrogen (secondary N) is 3. The van der Waals surface area contributed by atoms with Crippen LogP contribution >= 0.6 is 0 Å². The van der Waals surface area contributed by atoms with Gasteiger partial charge in [0.05, 0.1) is 12.1 Å². The Morgan fingerprint density at radius 2 is 2.13 bits per heavy atom. The molecule has 0 aliphatic carbocycles. The maximum absolute atomic E-state index is 12.0. The minimum Gasteiger partial charge on any atom is -0.368 e. The van der Waals surface area contributed by atoms with Gasteiger partial charge < -0.3 is 27.8 Å². The molecule has 0 spiro atoms. The maximum Gasteiger partial charge on any atom is 0.251 e. The summed E-state index contributed by atoms with van der Waals surface area (Å²) in [7, 11) is 0. The first-order chi connectivity index (χ1) is 10.8. The normalized spacial score (nSPS) is 22.4. The summed E-state index contributed by atoms with van der Waals surface area (Å²) >= 11 is 0. The van der Waals surface area contributed by atoms with E-state index in [2.05, 4.69) is 15.6 Å². The number of nitro groups is 1. The van der Waals surface area contributed by atoms with Crippen molar-refractivity contribution < 1.29 is 14.6 Å². The van der Waals surface area contributed by atoms with Gasteiger partial charge in [0.2, 0.25) is 11.8 Å². The zero-order chi connectivity index (χ0) is 17.4. The molecule has 0 bridgehead atoms. The molecule has 0 radical (unpaired) electrons. The SMILES string of the molecule is NC(=O)[C@H]1NCC[C@@H]1NC(=O)[C@@H](N)CCCN=C(N)N[N+](=O)[O-]. The Hall–Kier alpha value is -2.47. The standard InChI is InChI=1S/C11H22N8O4/c12-6(2-1-4-16-11(14)18-19(22)23)10(21)17-7-3-5-15-8(7)9(13)20/h6-8,15H,1-5,12H2,(H2,13,20)(H,17,21)(H3,14,16,18)/t6-,7-,8-/m0/s1. The number of hydrogen-bond donors (Lipinski definition) is 6. The van der Waals surface area contributed by atoms with Crippen molar-refractivity contribution in [2.45, 2.75) is 37.4 Å². The Labute approximate surface area is 132 Å². The maximum atomic E-state index is 12.0. The van der Waals surface area contributed by atoms with Gasteiger partial charge in [0.15, 0.2) is 5.03 Å². The second-order valence-corrected chi connectivity index (χ2v) is 5.12. The first-order valence-electron chi connectivity index (χ1n) is 7.11. The topological polar surface area (TPSA) is 204 Å². The Morgan fingerprint density at radius 1 is 1.43 bits per heavy atom. The van der Waals surface area contributed by atoms with E-state index in [1.54, 1.807) is 5.43 Å². The fraction of sp³-hybridized carbons (Fsp3) is 0.727. The molecule has 0 aromatic heterocycles. The van der Waals surface area contributed by atoms with Crippen molar-refractivity contribution in [2.75, 3.05) is 13.1 Å². The van der Waals surface area contributed by atoms with Crippen LogP contribution in [0.15, 0.2) is 4.99 Å². The summed E-state index contributed by atoms with van der Waals surface area (Å²) in [5, 5.41) is 14.9. The summed E-state index contributed by atoms with van der Waals surface area (Å²) in [5.74, 6) is -1.22. The number of primary amides is 1. The highest BCUT2D eigenvalue weighted by atomic mass is 16.7. The van der Waals surface area contributed by atoms with Crippen molar-refractivity contribution in [1.29, 1.82) is 0 Å². The molecule has 3 atom stereocenters. The molecule has 1 aliphatic rings. The zero-order valence-corrected chi connectivity index (χ0v) is 12.5. The quantitative estimate of drug-likeness (QED) is 0.0864. The summed E-state index contributed by atoms with van der Waals surface area (Å²) in [6, 6.07) is -1.74. The highest BCUT2D eigenvalue weighted by Gasteiger charge is 2.32. The average Bonchev–Trinajstić information content (AvgIpc) is 2.90. The van der Waals surface area contributed by atoms with Crippen LogP contribution in [0.4, 0.5) is 0 Å². The van der Waals surface area contributed by atoms with Gasteiger partial charge in [0, 0.05) is 6.54 Å². The van der Waals surface area contributed by atoms with Crippen LogP contribution in [0.25, 0.3) is 0 Å². The van der Waals surface area contributed by atoms with E-state index in [1.807, 2.05) is 0 Å². The van der Waals surface area contributed by atoms with E-state index in [-0.39, 0.29) is 24.5 Å². The number of nitrogens with two attached hydrogens (primary N) is 3. The van der Waals surface area contributed by atoms with Crippen molar-refractivity contribution in [3.63, 3.8) is 0 Å². The van der Waals surface area contributed by atoms with Gasteiger partial charge in [0.25, 0.3) is 5.96 Å². The number of aliphatic imine (C=N–C) groups is 1. The molecule has 0 unspecified atom stereocenters. The molecule has 0 saturated carbocycles. The first-order valence-corrected chi connectivity index (χ1v) is 7.11. The summed E-state index contributed by atoms with van der Waals surface area (Å²) in [6.45, 7) is 0.785. The minimum absolute atomic E-state index is 0.197. The number of carbonyl (C=O) groups excluding carboxylic acids is 2. The average molecular weight is 330 g/mol. The second kappa shape index (κ2) is 8.85. The third-order valence-electron chi connectivity index (χ3n) is 3.35. The molecule has 1 saturated heterocycles. The Morgan fingerprint density at radius 3 is 2.74 bits per heavy atom. The predicted molar refractivity (Wildman–Crippen MR) is 81.4 cm³/mol. The molecule has 0 aromatic rings. The molecule has 23 heavy (non-hydrogen) atoms. The Kier molecular flexibility index (Phi) is 7.15. The van der Waals surface area contributed by atoms with Crippen LogP contribution < -0.4 is 33.3 Å². The van der Waals surface area contributed by atoms with E-state index in [4.69, 9.17) is 17.2 Å². The van der Waals surface area contributed by atoms with E-state index in [0.29, 0.717) is 25.8 Å². The fourth-order valence-corrected chi connectivity index (χ4v) is 2.22. The molecule has 1 rings (SSSR count). The van der Waals surface area contributed by atoms with Crippen LogP contribution in [-0.2, 0) is 9.59 Å². The molecule has 2 amide bonds. The summed E-state index contributed by atoms with van der Waals surface area (Å²) in [6.07, 6.45) is 1.35. The van der Waals surface area contributed by atoms with Crippen molar-refractivity contribution in [2.24, 2.45) is 22.2 Å². The highest BCUT2D eigenvalue weighted by Crippen LogP contribution is 2.07. The van der Waals surface area contributed by atoms with Crippen LogP contribution in [0, 0.1) is 10.1 Å². The molecule has 12 heteroatoms. The molecule has 130 valence electrons. The number of rotatable bonds is 8. The number of amides is 2. The number of hydrazine groups is 1. The van der Waals surface area contributed by atoms with Crippen molar-refractivity contribution in [3.05, 3.63) is 10.1 Å². The molecule has 12 nitrogen and oxygen atoms in total. The molecule has 1 aliphatic heterocycles. The number of guanidine groups is 1. The lowest BCUT2D eigenvalue weighted by molar-refractivity contribution is -0.525. The predicted octanol–water partition coefficient (Wildman–Crippen LogP) is -3.48. The third kappa shape index (κ3) is 6.44. The van der Waals surface area contributed by atoms with E-state index in [0.717, 1.165) is 0 Å². The van der Waals surface area contributed by atoms with Crippen molar-refractivity contribution in [1.82, 2.24) is 16.1 Å². The van der Waals surface area contributed by atoms with Gasteiger partial charge in [-0.1, -0.05) is 5.43 Å². The third-order valence-corrected chi connectivity index (χ3v) is 3.35. The van der Waals surface area contributed by atoms with Crippen LogP contribution in [0.3, 0.4) is 0 Å². The van der Waals surface area contributed by atoms with Crippen molar-refractivity contribution >= 4 is 17.8 Å². The highest BCUT2D eigenvalue weighted by molar-refractivity contribution is 5.85. The van der Waals surface area contributed by atoms with Gasteiger partial charge in [-0.25, -0.2) is 15.1 Å². The molecule has 0 aromatic carbocycles. The van der Waals surface area contributed by atoms with Crippen LogP contribution in [0.5, 0.6) is 0 Å². The second-order valence-electron chi connectivity index (χ2n) is 5.12. The largest absolute Gasteiger partial charge is 0.368 e. The summed E-state index contributed by atoms with van der Waals surface area (Å²) in [5.41, 5.74) is 17.9. The van der Waals surface area contributed by atoms with Crippen LogP contribution in [0.1, 0.15) is 19.3 Å². The molecular weight excluding hydrogens is 308 g/mol. The lowest BCUT2D eigenvalue weighted by Crippen LogP contribution is -2.53. The van der Waals surface area contributed by atoms with Crippen LogP contribution in [-0.4, -0.2) is 54.0 Å². The van der Waals surface area contributed by atoms with E-state index in [9.17, 15) is 19.7 Å². The zero-order valence-electron chi connectivity index (χ0n) is 12.5. The summed E-state index contributed by atoms with van der Waals surface area (Å²) < 4.78 is 0. The minimum atomic E-state index is -0.817. The van der Waals surface area contributed by atoms with Gasteiger partial charge in [-0.3, -0.25) is 9.59 Å². The van der Waals surface area contributed by atoms with Gasteiger partial charge in [0.1, 0.15) is 6.04 Å². The molecule has 9 N–H and O–H groups in total. The smallest absolute Gasteiger partial charge is 0.251 e. The van der Waals surface area contributed by atoms with Gasteiger partial charge >= 0.3 is 0 Å². The number of hydrogen-bond acceptors (Lipinski definition) is 7. The van der Waals surface area contributed by atoms with E-state index < -0.39 is 23.0 Å². The Bertz CT molecular complexity index is 483. The Balaban J connectivity index is 2.31. The van der Waals surface area contributed by atoms with E-state index in [1.165, 1.54) is 0 Å². The van der Waals surface area contributed by atoms with E-state index >= 15 is 0 Å². The molecule has 1 fully saturated rings.